The monoisotopic (exact) mass is 362 g/mol. The van der Waals surface area contributed by atoms with Gasteiger partial charge in [-0.3, -0.25) is 4.79 Å². The standard InChI is InChI=1S/C22H26N4O/c1-2-21-24-19-8-4-5-9-20(19)26(21)16-22(27)23-17-10-12-18(13-11-17)25-14-6-3-7-15-25/h4-5,8-13H,2-3,6-7,14-16H2,1H3,(H,23,27). The number of anilines is 2. The molecule has 0 saturated carbocycles. The number of piperidine rings is 1. The summed E-state index contributed by atoms with van der Waals surface area (Å²) in [5.41, 5.74) is 4.02. The van der Waals surface area contributed by atoms with Crippen LogP contribution in [0.15, 0.2) is 48.5 Å². The van der Waals surface area contributed by atoms with Gasteiger partial charge in [-0.15, -0.1) is 0 Å². The average molecular weight is 362 g/mol. The molecule has 0 radical (unpaired) electrons. The molecule has 1 amide bonds. The molecule has 1 aromatic heterocycles. The normalized spacial score (nSPS) is 14.5. The number of nitrogens with zero attached hydrogens (tertiary/aromatic N) is 3. The van der Waals surface area contributed by atoms with Gasteiger partial charge in [-0.05, 0) is 55.7 Å². The lowest BCUT2D eigenvalue weighted by Crippen LogP contribution is -2.29. The molecule has 3 aromatic rings. The van der Waals surface area contributed by atoms with E-state index in [0.717, 1.165) is 42.1 Å². The van der Waals surface area contributed by atoms with E-state index in [2.05, 4.69) is 34.3 Å². The molecule has 27 heavy (non-hydrogen) atoms. The molecule has 1 fully saturated rings. The minimum Gasteiger partial charge on any atom is -0.372 e. The summed E-state index contributed by atoms with van der Waals surface area (Å²) in [4.78, 5) is 19.7. The van der Waals surface area contributed by atoms with E-state index in [4.69, 9.17) is 0 Å². The van der Waals surface area contributed by atoms with Crippen LogP contribution in [0.2, 0.25) is 0 Å². The Hall–Kier alpha value is -2.82. The van der Waals surface area contributed by atoms with Crippen LogP contribution in [0.25, 0.3) is 11.0 Å². The summed E-state index contributed by atoms with van der Waals surface area (Å²) in [5, 5.41) is 3.02. The van der Waals surface area contributed by atoms with Crippen molar-refractivity contribution >= 4 is 28.3 Å². The summed E-state index contributed by atoms with van der Waals surface area (Å²) in [5.74, 6) is 0.908. The van der Waals surface area contributed by atoms with Crippen molar-refractivity contribution in [3.63, 3.8) is 0 Å². The molecule has 4 rings (SSSR count). The maximum absolute atomic E-state index is 12.6. The number of aromatic nitrogens is 2. The molecule has 1 aliphatic rings. The summed E-state index contributed by atoms with van der Waals surface area (Å²) in [7, 11) is 0. The van der Waals surface area contributed by atoms with Gasteiger partial charge in [0.05, 0.1) is 11.0 Å². The van der Waals surface area contributed by atoms with Crippen LogP contribution in [0, 0.1) is 0 Å². The molecule has 5 nitrogen and oxygen atoms in total. The zero-order valence-electron chi connectivity index (χ0n) is 15.8. The van der Waals surface area contributed by atoms with Crippen LogP contribution in [0.1, 0.15) is 32.0 Å². The number of carbonyl (C=O) groups is 1. The van der Waals surface area contributed by atoms with Crippen LogP contribution in [-0.4, -0.2) is 28.5 Å². The predicted molar refractivity (Wildman–Crippen MR) is 110 cm³/mol. The van der Waals surface area contributed by atoms with Crippen molar-refractivity contribution in [2.24, 2.45) is 0 Å². The Kier molecular flexibility index (Phi) is 5.10. The predicted octanol–water partition coefficient (Wildman–Crippen LogP) is 4.23. The molecule has 0 atom stereocenters. The fraction of sp³-hybridized carbons (Fsp3) is 0.364. The molecule has 140 valence electrons. The first kappa shape index (κ1) is 17.6. The van der Waals surface area contributed by atoms with E-state index in [1.807, 2.05) is 41.0 Å². The smallest absolute Gasteiger partial charge is 0.244 e. The van der Waals surface area contributed by atoms with E-state index in [1.54, 1.807) is 0 Å². The summed E-state index contributed by atoms with van der Waals surface area (Å²) in [6, 6.07) is 16.2. The van der Waals surface area contributed by atoms with E-state index in [0.29, 0.717) is 0 Å². The summed E-state index contributed by atoms with van der Waals surface area (Å²) in [6.07, 6.45) is 4.65. The summed E-state index contributed by atoms with van der Waals surface area (Å²) >= 11 is 0. The number of imidazole rings is 1. The van der Waals surface area contributed by atoms with E-state index in [1.165, 1.54) is 24.9 Å². The van der Waals surface area contributed by atoms with E-state index < -0.39 is 0 Å². The second-order valence-corrected chi connectivity index (χ2v) is 7.10. The van der Waals surface area contributed by atoms with Gasteiger partial charge in [0.25, 0.3) is 0 Å². The van der Waals surface area contributed by atoms with Crippen molar-refractivity contribution in [1.29, 1.82) is 0 Å². The second-order valence-electron chi connectivity index (χ2n) is 7.10. The van der Waals surface area contributed by atoms with Crippen molar-refractivity contribution < 1.29 is 4.79 Å². The van der Waals surface area contributed by atoms with E-state index >= 15 is 0 Å². The zero-order valence-corrected chi connectivity index (χ0v) is 15.8. The molecular weight excluding hydrogens is 336 g/mol. The lowest BCUT2D eigenvalue weighted by Gasteiger charge is -2.28. The van der Waals surface area contributed by atoms with Gasteiger partial charge in [-0.2, -0.15) is 0 Å². The number of hydrogen-bond donors (Lipinski definition) is 1. The number of para-hydroxylation sites is 2. The number of amides is 1. The van der Waals surface area contributed by atoms with Crippen LogP contribution in [0.3, 0.4) is 0 Å². The highest BCUT2D eigenvalue weighted by Crippen LogP contribution is 2.22. The first-order valence-corrected chi connectivity index (χ1v) is 9.83. The van der Waals surface area contributed by atoms with Gasteiger partial charge in [0, 0.05) is 30.9 Å². The molecule has 1 N–H and O–H groups in total. The number of rotatable bonds is 5. The van der Waals surface area contributed by atoms with Crippen molar-refractivity contribution in [2.75, 3.05) is 23.3 Å². The van der Waals surface area contributed by atoms with Gasteiger partial charge < -0.3 is 14.8 Å². The van der Waals surface area contributed by atoms with Gasteiger partial charge in [-0.25, -0.2) is 4.98 Å². The zero-order chi connectivity index (χ0) is 18.6. The summed E-state index contributed by atoms with van der Waals surface area (Å²) in [6.45, 7) is 4.59. The minimum absolute atomic E-state index is 0.0291. The molecule has 0 spiro atoms. The fourth-order valence-corrected chi connectivity index (χ4v) is 3.82. The lowest BCUT2D eigenvalue weighted by atomic mass is 10.1. The second kappa shape index (κ2) is 7.82. The Labute approximate surface area is 160 Å². The molecule has 1 aliphatic heterocycles. The highest BCUT2D eigenvalue weighted by molar-refractivity contribution is 5.92. The van der Waals surface area contributed by atoms with Crippen molar-refractivity contribution in [1.82, 2.24) is 9.55 Å². The largest absolute Gasteiger partial charge is 0.372 e. The topological polar surface area (TPSA) is 50.2 Å². The third-order valence-corrected chi connectivity index (χ3v) is 5.22. The third kappa shape index (κ3) is 3.82. The number of aryl methyl sites for hydroxylation is 1. The van der Waals surface area contributed by atoms with Crippen LogP contribution in [0.5, 0.6) is 0 Å². The van der Waals surface area contributed by atoms with Crippen LogP contribution in [0.4, 0.5) is 11.4 Å². The van der Waals surface area contributed by atoms with E-state index in [9.17, 15) is 4.79 Å². The van der Waals surface area contributed by atoms with Gasteiger partial charge in [0.15, 0.2) is 0 Å². The Morgan fingerprint density at radius 1 is 1.04 bits per heavy atom. The Morgan fingerprint density at radius 2 is 1.78 bits per heavy atom. The van der Waals surface area contributed by atoms with Crippen LogP contribution in [-0.2, 0) is 17.8 Å². The number of benzene rings is 2. The highest BCUT2D eigenvalue weighted by atomic mass is 16.1. The number of hydrogen-bond acceptors (Lipinski definition) is 3. The van der Waals surface area contributed by atoms with Crippen LogP contribution < -0.4 is 10.2 Å². The van der Waals surface area contributed by atoms with E-state index in [-0.39, 0.29) is 12.5 Å². The van der Waals surface area contributed by atoms with Crippen LogP contribution >= 0.6 is 0 Å². The van der Waals surface area contributed by atoms with Crippen molar-refractivity contribution in [2.45, 2.75) is 39.2 Å². The van der Waals surface area contributed by atoms with Gasteiger partial charge in [-0.1, -0.05) is 19.1 Å². The molecule has 5 heteroatoms. The first-order valence-electron chi connectivity index (χ1n) is 9.83. The number of fused-ring (bicyclic) bond motifs is 1. The fourth-order valence-electron chi connectivity index (χ4n) is 3.82. The Morgan fingerprint density at radius 3 is 2.52 bits per heavy atom. The molecule has 0 unspecified atom stereocenters. The number of nitrogens with one attached hydrogen (secondary N) is 1. The van der Waals surface area contributed by atoms with Crippen molar-refractivity contribution in [3.05, 3.63) is 54.4 Å². The van der Waals surface area contributed by atoms with Gasteiger partial charge in [0.2, 0.25) is 5.91 Å². The third-order valence-electron chi connectivity index (χ3n) is 5.22. The van der Waals surface area contributed by atoms with Gasteiger partial charge in [0.1, 0.15) is 12.4 Å². The Balaban J connectivity index is 1.45. The number of carbonyl (C=O) groups excluding carboxylic acids is 1. The molecule has 2 aromatic carbocycles. The molecular formula is C22H26N4O. The lowest BCUT2D eigenvalue weighted by molar-refractivity contribution is -0.116. The van der Waals surface area contributed by atoms with Gasteiger partial charge >= 0.3 is 0 Å². The first-order chi connectivity index (χ1) is 13.2. The molecule has 1 saturated heterocycles. The molecule has 2 heterocycles. The quantitative estimate of drug-likeness (QED) is 0.739. The maximum atomic E-state index is 12.6. The summed E-state index contributed by atoms with van der Waals surface area (Å²) < 4.78 is 2.01. The SMILES string of the molecule is CCc1nc2ccccc2n1CC(=O)Nc1ccc(N2CCCCC2)cc1. The highest BCUT2D eigenvalue weighted by Gasteiger charge is 2.13. The minimum atomic E-state index is -0.0291. The maximum Gasteiger partial charge on any atom is 0.244 e. The molecule has 0 aliphatic carbocycles. The molecule has 0 bridgehead atoms. The average Bonchev–Trinajstić information content (AvgIpc) is 3.07. The Bertz CT molecular complexity index is 923. The van der Waals surface area contributed by atoms with Crippen molar-refractivity contribution in [3.8, 4) is 0 Å².